The van der Waals surface area contributed by atoms with Crippen LogP contribution in [-0.2, 0) is 4.74 Å². The van der Waals surface area contributed by atoms with E-state index in [9.17, 15) is 0 Å². The van der Waals surface area contributed by atoms with Crippen LogP contribution >= 0.6 is 24.0 Å². The molecule has 0 bridgehead atoms. The molecule has 0 radical (unpaired) electrons. The summed E-state index contributed by atoms with van der Waals surface area (Å²) < 4.78 is 21.6. The Morgan fingerprint density at radius 1 is 0.867 bits per heavy atom. The Morgan fingerprint density at radius 3 is 2.27 bits per heavy atom. The number of rotatable bonds is 12. The van der Waals surface area contributed by atoms with E-state index in [1.807, 2.05) is 48.5 Å². The molecule has 0 aliphatic heterocycles. The molecule has 0 saturated carbocycles. The van der Waals surface area contributed by atoms with Gasteiger partial charge in [0.05, 0.1) is 20.3 Å². The van der Waals surface area contributed by atoms with E-state index >= 15 is 0 Å². The molecule has 2 aromatic rings. The molecule has 8 heteroatoms. The van der Waals surface area contributed by atoms with Crippen LogP contribution in [0.3, 0.4) is 0 Å². The maximum atomic E-state index is 5.73. The summed E-state index contributed by atoms with van der Waals surface area (Å²) in [4.78, 5) is 4.26. The molecule has 2 rings (SSSR count). The number of nitrogens with one attached hydrogen (secondary N) is 2. The van der Waals surface area contributed by atoms with Gasteiger partial charge < -0.3 is 29.6 Å². The highest BCUT2D eigenvalue weighted by Crippen LogP contribution is 2.18. The van der Waals surface area contributed by atoms with Gasteiger partial charge in [-0.3, -0.25) is 4.99 Å². The van der Waals surface area contributed by atoms with Crippen LogP contribution < -0.4 is 24.8 Å². The maximum absolute atomic E-state index is 5.73. The quantitative estimate of drug-likeness (QED) is 0.186. The van der Waals surface area contributed by atoms with Gasteiger partial charge in [-0.2, -0.15) is 0 Å². The normalized spacial score (nSPS) is 10.7. The molecular weight excluding hydrogens is 497 g/mol. The number of halogens is 1. The Kier molecular flexibility index (Phi) is 13.4. The van der Waals surface area contributed by atoms with Crippen molar-refractivity contribution in [1.82, 2.24) is 5.32 Å². The average Bonchev–Trinajstić information content (AvgIpc) is 2.76. The van der Waals surface area contributed by atoms with Crippen molar-refractivity contribution in [3.63, 3.8) is 0 Å². The molecule has 166 valence electrons. The third-order valence-electron chi connectivity index (χ3n) is 4.02. The SMILES string of the molecule is CN=C(NCCCOc1ccc(OC)cc1)Nc1cccc(OCCCOC)c1.I. The van der Waals surface area contributed by atoms with Gasteiger partial charge in [0.15, 0.2) is 5.96 Å². The van der Waals surface area contributed by atoms with Crippen LogP contribution in [-0.4, -0.2) is 53.6 Å². The number of hydrogen-bond donors (Lipinski definition) is 2. The fourth-order valence-corrected chi connectivity index (χ4v) is 2.51. The van der Waals surface area contributed by atoms with Gasteiger partial charge in [0, 0.05) is 45.5 Å². The van der Waals surface area contributed by atoms with Crippen molar-refractivity contribution in [2.45, 2.75) is 12.8 Å². The number of hydrogen-bond acceptors (Lipinski definition) is 5. The lowest BCUT2D eigenvalue weighted by atomic mass is 10.3. The van der Waals surface area contributed by atoms with Gasteiger partial charge in [0.2, 0.25) is 0 Å². The third-order valence-corrected chi connectivity index (χ3v) is 4.02. The van der Waals surface area contributed by atoms with Crippen molar-refractivity contribution in [1.29, 1.82) is 0 Å². The number of anilines is 1. The Hall–Kier alpha value is -2.20. The van der Waals surface area contributed by atoms with Gasteiger partial charge in [0.1, 0.15) is 17.2 Å². The number of methoxy groups -OCH3 is 2. The van der Waals surface area contributed by atoms with E-state index in [4.69, 9.17) is 18.9 Å². The molecular formula is C22H32IN3O4. The van der Waals surface area contributed by atoms with Crippen molar-refractivity contribution in [3.8, 4) is 17.2 Å². The number of nitrogens with zero attached hydrogens (tertiary/aromatic N) is 1. The molecule has 0 aliphatic rings. The Morgan fingerprint density at radius 2 is 1.57 bits per heavy atom. The predicted octanol–water partition coefficient (Wildman–Crippen LogP) is 4.18. The molecule has 0 spiro atoms. The van der Waals surface area contributed by atoms with Crippen LogP contribution in [0.2, 0.25) is 0 Å². The van der Waals surface area contributed by atoms with Crippen molar-refractivity contribution in [2.75, 3.05) is 52.9 Å². The zero-order chi connectivity index (χ0) is 20.7. The number of guanidine groups is 1. The van der Waals surface area contributed by atoms with E-state index in [-0.39, 0.29) is 24.0 Å². The number of aliphatic imine (C=N–C) groups is 1. The largest absolute Gasteiger partial charge is 0.497 e. The van der Waals surface area contributed by atoms with E-state index in [0.717, 1.165) is 42.3 Å². The van der Waals surface area contributed by atoms with E-state index < -0.39 is 0 Å². The first-order chi connectivity index (χ1) is 14.2. The van der Waals surface area contributed by atoms with Crippen LogP contribution in [0, 0.1) is 0 Å². The molecule has 2 aromatic carbocycles. The molecule has 0 amide bonds. The van der Waals surface area contributed by atoms with Gasteiger partial charge in [-0.15, -0.1) is 24.0 Å². The Bertz CT molecular complexity index is 741. The fourth-order valence-electron chi connectivity index (χ4n) is 2.51. The summed E-state index contributed by atoms with van der Waals surface area (Å²) in [7, 11) is 5.08. The fraction of sp³-hybridized carbons (Fsp3) is 0.409. The molecule has 0 atom stereocenters. The van der Waals surface area contributed by atoms with Crippen molar-refractivity contribution in [3.05, 3.63) is 48.5 Å². The summed E-state index contributed by atoms with van der Waals surface area (Å²) in [6, 6.07) is 15.4. The first kappa shape index (κ1) is 25.8. The number of benzene rings is 2. The summed E-state index contributed by atoms with van der Waals surface area (Å²) in [5.41, 5.74) is 0.914. The molecule has 0 unspecified atom stereocenters. The van der Waals surface area contributed by atoms with E-state index in [1.165, 1.54) is 0 Å². The summed E-state index contributed by atoms with van der Waals surface area (Å²) in [5.74, 6) is 3.16. The van der Waals surface area contributed by atoms with Crippen LogP contribution in [0.1, 0.15) is 12.8 Å². The van der Waals surface area contributed by atoms with Crippen molar-refractivity contribution in [2.24, 2.45) is 4.99 Å². The van der Waals surface area contributed by atoms with Crippen molar-refractivity contribution >= 4 is 35.6 Å². The zero-order valence-corrected chi connectivity index (χ0v) is 20.2. The van der Waals surface area contributed by atoms with Gasteiger partial charge in [0.25, 0.3) is 0 Å². The van der Waals surface area contributed by atoms with Crippen LogP contribution in [0.15, 0.2) is 53.5 Å². The van der Waals surface area contributed by atoms with Gasteiger partial charge >= 0.3 is 0 Å². The summed E-state index contributed by atoms with van der Waals surface area (Å²) in [5, 5.41) is 6.55. The topological polar surface area (TPSA) is 73.3 Å². The smallest absolute Gasteiger partial charge is 0.195 e. The third kappa shape index (κ3) is 10.0. The summed E-state index contributed by atoms with van der Waals surface area (Å²) in [6.07, 6.45) is 1.70. The lowest BCUT2D eigenvalue weighted by Crippen LogP contribution is -2.32. The molecule has 0 saturated heterocycles. The first-order valence-electron chi connectivity index (χ1n) is 9.71. The average molecular weight is 529 g/mol. The summed E-state index contributed by atoms with van der Waals surface area (Å²) in [6.45, 7) is 2.67. The zero-order valence-electron chi connectivity index (χ0n) is 17.8. The highest BCUT2D eigenvalue weighted by atomic mass is 127. The number of ether oxygens (including phenoxy) is 4. The molecule has 0 aliphatic carbocycles. The van der Waals surface area contributed by atoms with Gasteiger partial charge in [-0.05, 0) is 42.8 Å². The minimum atomic E-state index is 0. The molecule has 30 heavy (non-hydrogen) atoms. The maximum Gasteiger partial charge on any atom is 0.195 e. The monoisotopic (exact) mass is 529 g/mol. The standard InChI is InChI=1S/C22H31N3O4.HI/c1-23-22(24-13-5-15-28-20-11-9-19(27-3)10-12-20)25-18-7-4-8-21(17-18)29-16-6-14-26-2;/h4,7-12,17H,5-6,13-16H2,1-3H3,(H2,23,24,25);1H. The molecule has 0 fully saturated rings. The lowest BCUT2D eigenvalue weighted by molar-refractivity contribution is 0.172. The highest BCUT2D eigenvalue weighted by molar-refractivity contribution is 14.0. The molecule has 2 N–H and O–H groups in total. The molecule has 7 nitrogen and oxygen atoms in total. The van der Waals surface area contributed by atoms with Gasteiger partial charge in [-0.1, -0.05) is 6.07 Å². The van der Waals surface area contributed by atoms with E-state index in [1.54, 1.807) is 21.3 Å². The second-order valence-corrected chi connectivity index (χ2v) is 6.22. The minimum absolute atomic E-state index is 0. The van der Waals surface area contributed by atoms with Crippen LogP contribution in [0.5, 0.6) is 17.2 Å². The van der Waals surface area contributed by atoms with E-state index in [2.05, 4.69) is 15.6 Å². The highest BCUT2D eigenvalue weighted by Gasteiger charge is 2.02. The summed E-state index contributed by atoms with van der Waals surface area (Å²) >= 11 is 0. The minimum Gasteiger partial charge on any atom is -0.497 e. The molecule has 0 heterocycles. The van der Waals surface area contributed by atoms with Crippen LogP contribution in [0.4, 0.5) is 5.69 Å². The van der Waals surface area contributed by atoms with Crippen molar-refractivity contribution < 1.29 is 18.9 Å². The lowest BCUT2D eigenvalue weighted by Gasteiger charge is -2.13. The second kappa shape index (κ2) is 15.6. The predicted molar refractivity (Wildman–Crippen MR) is 132 cm³/mol. The Labute approximate surface area is 196 Å². The van der Waals surface area contributed by atoms with E-state index in [0.29, 0.717) is 25.8 Å². The Balaban J connectivity index is 0.00000450. The second-order valence-electron chi connectivity index (χ2n) is 6.22. The first-order valence-corrected chi connectivity index (χ1v) is 9.71. The van der Waals surface area contributed by atoms with Crippen LogP contribution in [0.25, 0.3) is 0 Å². The van der Waals surface area contributed by atoms with Gasteiger partial charge in [-0.25, -0.2) is 0 Å². The molecule has 0 aromatic heterocycles.